The van der Waals surface area contributed by atoms with Crippen molar-refractivity contribution in [3.63, 3.8) is 0 Å². The summed E-state index contributed by atoms with van der Waals surface area (Å²) in [5.41, 5.74) is 2.32. The van der Waals surface area contributed by atoms with Gasteiger partial charge in [-0.3, -0.25) is 4.79 Å². The molecule has 1 heterocycles. The van der Waals surface area contributed by atoms with E-state index in [9.17, 15) is 9.59 Å². The van der Waals surface area contributed by atoms with Gasteiger partial charge in [0.15, 0.2) is 5.76 Å². The molecule has 0 radical (unpaired) electrons. The van der Waals surface area contributed by atoms with E-state index in [1.807, 2.05) is 67.6 Å². The fourth-order valence-corrected chi connectivity index (χ4v) is 3.91. The lowest BCUT2D eigenvalue weighted by Crippen LogP contribution is -2.29. The molecule has 1 aliphatic heterocycles. The molecule has 36 heavy (non-hydrogen) atoms. The highest BCUT2D eigenvalue weighted by atomic mass is 16.6. The zero-order chi connectivity index (χ0) is 24.9. The predicted octanol–water partition coefficient (Wildman–Crippen LogP) is 7.04. The maximum absolute atomic E-state index is 13.4. The third kappa shape index (κ3) is 4.70. The van der Waals surface area contributed by atoms with E-state index in [1.54, 1.807) is 48.5 Å². The number of allylic oxidation sites excluding steroid dienone is 1. The van der Waals surface area contributed by atoms with Crippen molar-refractivity contribution in [2.45, 2.75) is 6.92 Å². The van der Waals surface area contributed by atoms with Crippen molar-refractivity contribution in [2.75, 3.05) is 11.5 Å². The van der Waals surface area contributed by atoms with Crippen molar-refractivity contribution in [3.05, 3.63) is 120 Å². The van der Waals surface area contributed by atoms with E-state index < -0.39 is 6.09 Å². The van der Waals surface area contributed by atoms with Gasteiger partial charge in [0.2, 0.25) is 5.78 Å². The monoisotopic (exact) mass is 477 g/mol. The number of Topliss-reactive ketones (excluding diaryl/α,β-unsaturated/α-hetero) is 1. The number of benzene rings is 4. The van der Waals surface area contributed by atoms with E-state index in [-0.39, 0.29) is 11.5 Å². The first-order valence-corrected chi connectivity index (χ1v) is 11.6. The summed E-state index contributed by atoms with van der Waals surface area (Å²) < 4.78 is 17.2. The molecule has 178 valence electrons. The van der Waals surface area contributed by atoms with E-state index in [1.165, 1.54) is 4.90 Å². The molecule has 0 spiro atoms. The van der Waals surface area contributed by atoms with Crippen LogP contribution in [-0.4, -0.2) is 18.5 Å². The lowest BCUT2D eigenvalue weighted by Gasteiger charge is -2.22. The quantitative estimate of drug-likeness (QED) is 0.279. The van der Waals surface area contributed by atoms with Gasteiger partial charge in [0.1, 0.15) is 17.2 Å². The predicted molar refractivity (Wildman–Crippen MR) is 138 cm³/mol. The number of para-hydroxylation sites is 3. The molecule has 4 aromatic carbocycles. The highest BCUT2D eigenvalue weighted by molar-refractivity contribution is 6.14. The average molecular weight is 478 g/mol. The van der Waals surface area contributed by atoms with E-state index >= 15 is 0 Å². The van der Waals surface area contributed by atoms with E-state index in [2.05, 4.69) is 0 Å². The molecule has 5 rings (SSSR count). The number of amides is 1. The third-order valence-electron chi connectivity index (χ3n) is 5.57. The number of fused-ring (bicyclic) bond motifs is 1. The molecule has 0 fully saturated rings. The molecule has 0 saturated carbocycles. The van der Waals surface area contributed by atoms with Gasteiger partial charge in [-0.2, -0.15) is 0 Å². The van der Waals surface area contributed by atoms with Gasteiger partial charge in [0, 0.05) is 11.6 Å². The molecule has 0 bridgehead atoms. The largest absolute Gasteiger partial charge is 0.494 e. The molecule has 0 aromatic heterocycles. The Balaban J connectivity index is 1.44. The van der Waals surface area contributed by atoms with E-state index in [0.717, 1.165) is 0 Å². The van der Waals surface area contributed by atoms with E-state index in [0.29, 0.717) is 46.4 Å². The molecule has 0 N–H and O–H groups in total. The number of anilines is 2. The summed E-state index contributed by atoms with van der Waals surface area (Å²) in [5.74, 6) is 1.26. The fourth-order valence-electron chi connectivity index (χ4n) is 3.91. The summed E-state index contributed by atoms with van der Waals surface area (Å²) in [6.45, 7) is 2.40. The minimum absolute atomic E-state index is 0.144. The number of hydrogen-bond acceptors (Lipinski definition) is 5. The molecular formula is C30H23NO5. The van der Waals surface area contributed by atoms with Crippen LogP contribution in [0.3, 0.4) is 0 Å². The van der Waals surface area contributed by atoms with Gasteiger partial charge in [-0.15, -0.1) is 0 Å². The highest BCUT2D eigenvalue weighted by Gasteiger charge is 2.28. The Kier molecular flexibility index (Phi) is 6.49. The van der Waals surface area contributed by atoms with Crippen LogP contribution >= 0.6 is 0 Å². The lowest BCUT2D eigenvalue weighted by molar-refractivity contribution is 0.101. The average Bonchev–Trinajstić information content (AvgIpc) is 3.21. The Morgan fingerprint density at radius 1 is 0.861 bits per heavy atom. The topological polar surface area (TPSA) is 65.1 Å². The molecule has 0 aliphatic carbocycles. The molecule has 6 nitrogen and oxygen atoms in total. The van der Waals surface area contributed by atoms with Crippen LogP contribution in [-0.2, 0) is 0 Å². The van der Waals surface area contributed by atoms with Gasteiger partial charge in [0.05, 0.1) is 23.5 Å². The van der Waals surface area contributed by atoms with Gasteiger partial charge >= 0.3 is 6.09 Å². The molecule has 0 unspecified atom stereocenters. The third-order valence-corrected chi connectivity index (χ3v) is 5.57. The van der Waals surface area contributed by atoms with Crippen LogP contribution in [0.15, 0.2) is 109 Å². The Bertz CT molecular complexity index is 1390. The summed E-state index contributed by atoms with van der Waals surface area (Å²) >= 11 is 0. The maximum Gasteiger partial charge on any atom is 0.424 e. The summed E-state index contributed by atoms with van der Waals surface area (Å²) in [6, 6.07) is 30.7. The smallest absolute Gasteiger partial charge is 0.424 e. The lowest BCUT2D eigenvalue weighted by atomic mass is 10.1. The highest BCUT2D eigenvalue weighted by Crippen LogP contribution is 2.36. The summed E-state index contributed by atoms with van der Waals surface area (Å²) in [5, 5.41) is 0. The van der Waals surface area contributed by atoms with Crippen molar-refractivity contribution in [3.8, 4) is 17.2 Å². The van der Waals surface area contributed by atoms with Crippen LogP contribution in [0.2, 0.25) is 0 Å². The van der Waals surface area contributed by atoms with Gasteiger partial charge in [-0.25, -0.2) is 9.69 Å². The number of ketones is 1. The van der Waals surface area contributed by atoms with Crippen molar-refractivity contribution in [2.24, 2.45) is 0 Å². The van der Waals surface area contributed by atoms with Gasteiger partial charge in [-0.1, -0.05) is 54.6 Å². The van der Waals surface area contributed by atoms with Crippen molar-refractivity contribution < 1.29 is 23.8 Å². The zero-order valence-electron chi connectivity index (χ0n) is 19.6. The van der Waals surface area contributed by atoms with Gasteiger partial charge < -0.3 is 14.2 Å². The second-order valence-electron chi connectivity index (χ2n) is 7.94. The normalized spacial score (nSPS) is 13.1. The Labute approximate surface area is 209 Å². The summed E-state index contributed by atoms with van der Waals surface area (Å²) in [6.07, 6.45) is 1.00. The number of nitrogens with zero attached hydrogens (tertiary/aromatic N) is 1. The molecule has 1 aliphatic rings. The van der Waals surface area contributed by atoms with Crippen LogP contribution in [0.1, 0.15) is 22.8 Å². The number of ether oxygens (including phenoxy) is 3. The van der Waals surface area contributed by atoms with Crippen LogP contribution in [0.25, 0.3) is 6.08 Å². The van der Waals surface area contributed by atoms with Crippen molar-refractivity contribution in [1.29, 1.82) is 0 Å². The van der Waals surface area contributed by atoms with Gasteiger partial charge in [0.25, 0.3) is 0 Å². The molecule has 0 atom stereocenters. The number of rotatable bonds is 6. The SMILES string of the molecule is CCOc1ccc2c(c1)O/C(=C\c1ccccc1OC(=O)N(c1ccccc1)c1ccccc1)C2=O. The molecule has 1 amide bonds. The van der Waals surface area contributed by atoms with Crippen LogP contribution in [0.4, 0.5) is 16.2 Å². The Morgan fingerprint density at radius 3 is 2.17 bits per heavy atom. The minimum Gasteiger partial charge on any atom is -0.494 e. The van der Waals surface area contributed by atoms with Crippen LogP contribution < -0.4 is 19.1 Å². The van der Waals surface area contributed by atoms with Crippen LogP contribution in [0, 0.1) is 0 Å². The zero-order valence-corrected chi connectivity index (χ0v) is 19.6. The first kappa shape index (κ1) is 22.9. The molecule has 4 aromatic rings. The number of hydrogen-bond donors (Lipinski definition) is 0. The Hall–Kier alpha value is -4.84. The minimum atomic E-state index is -0.582. The molecular weight excluding hydrogens is 454 g/mol. The van der Waals surface area contributed by atoms with Crippen molar-refractivity contribution in [1.82, 2.24) is 0 Å². The van der Waals surface area contributed by atoms with Crippen LogP contribution in [0.5, 0.6) is 17.2 Å². The maximum atomic E-state index is 13.4. The van der Waals surface area contributed by atoms with E-state index in [4.69, 9.17) is 14.2 Å². The second kappa shape index (κ2) is 10.2. The summed E-state index contributed by atoms with van der Waals surface area (Å²) in [7, 11) is 0. The van der Waals surface area contributed by atoms with Crippen molar-refractivity contribution >= 4 is 29.3 Å². The standard InChI is InChI=1S/C30H23NO5/c1-2-34-24-17-18-25-27(20-24)35-28(29(25)32)19-21-11-9-10-16-26(21)36-30(33)31(22-12-5-3-6-13-22)23-14-7-4-8-15-23/h3-20H,2H2,1H3/b28-19-. The second-order valence-corrected chi connectivity index (χ2v) is 7.94. The molecule has 0 saturated heterocycles. The van der Waals surface area contributed by atoms with Gasteiger partial charge in [-0.05, 0) is 55.5 Å². The first-order valence-electron chi connectivity index (χ1n) is 11.6. The first-order chi connectivity index (χ1) is 17.6. The molecule has 6 heteroatoms. The number of carbonyl (C=O) groups excluding carboxylic acids is 2. The number of carbonyl (C=O) groups is 2. The summed E-state index contributed by atoms with van der Waals surface area (Å²) in [4.78, 5) is 27.8. The fraction of sp³-hybridized carbons (Fsp3) is 0.0667. The Morgan fingerprint density at radius 2 is 1.50 bits per heavy atom.